The number of nitrogen functional groups attached to an aromatic ring is 1. The van der Waals surface area contributed by atoms with Crippen LogP contribution in [-0.4, -0.2) is 68.7 Å². The minimum Gasteiger partial charge on any atom is -0.476 e. The highest BCUT2D eigenvalue weighted by molar-refractivity contribution is 7.52. The Morgan fingerprint density at radius 1 is 1.27 bits per heavy atom. The Kier molecular flexibility index (Phi) is 9.49. The number of nitrogens with two attached hydrogens (primary N) is 1. The molecule has 40 heavy (non-hydrogen) atoms. The summed E-state index contributed by atoms with van der Waals surface area (Å²) in [4.78, 5) is 24.9. The summed E-state index contributed by atoms with van der Waals surface area (Å²) in [6.45, 7) is 6.86. The molecule has 6 unspecified atom stereocenters. The molecule has 0 spiro atoms. The Balaban J connectivity index is 1.53. The summed E-state index contributed by atoms with van der Waals surface area (Å²) in [5, 5.41) is 14.0. The van der Waals surface area contributed by atoms with Gasteiger partial charge < -0.3 is 29.6 Å². The van der Waals surface area contributed by atoms with Gasteiger partial charge in [-0.3, -0.25) is 13.9 Å². The molecule has 218 valence electrons. The topological polar surface area (TPSA) is 182 Å². The van der Waals surface area contributed by atoms with Crippen molar-refractivity contribution in [3.63, 3.8) is 0 Å². The number of nitrogens with zero attached hydrogens (tertiary/aromatic N) is 4. The lowest BCUT2D eigenvalue weighted by Crippen LogP contribution is -2.36. The Labute approximate surface area is 235 Å². The molecule has 3 heterocycles. The first kappa shape index (κ1) is 30.0. The molecule has 4 rings (SSSR count). The number of rotatable bonds is 12. The van der Waals surface area contributed by atoms with Crippen molar-refractivity contribution in [1.29, 1.82) is 0 Å². The van der Waals surface area contributed by atoms with Crippen LogP contribution in [0.2, 0.25) is 5.02 Å². The Bertz CT molecular complexity index is 1380. The smallest absolute Gasteiger partial charge is 0.459 e. The predicted molar refractivity (Wildman–Crippen MR) is 145 cm³/mol. The van der Waals surface area contributed by atoms with E-state index in [4.69, 9.17) is 40.6 Å². The number of aliphatic hydroxyl groups excluding tert-OH is 1. The van der Waals surface area contributed by atoms with E-state index < -0.39 is 44.1 Å². The predicted octanol–water partition coefficient (Wildman–Crippen LogP) is 3.10. The maximum Gasteiger partial charge on any atom is 0.459 e. The van der Waals surface area contributed by atoms with Gasteiger partial charge in [0, 0.05) is 10.9 Å². The van der Waals surface area contributed by atoms with Crippen molar-refractivity contribution in [3.8, 4) is 11.6 Å². The molecule has 16 heteroatoms. The molecule has 3 aromatic rings. The highest BCUT2D eigenvalue weighted by Crippen LogP contribution is 2.47. The maximum absolute atomic E-state index is 13.8. The molecule has 1 aliphatic heterocycles. The largest absolute Gasteiger partial charge is 0.476 e. The van der Waals surface area contributed by atoms with Gasteiger partial charge >= 0.3 is 13.7 Å². The Morgan fingerprint density at radius 3 is 2.67 bits per heavy atom. The van der Waals surface area contributed by atoms with Gasteiger partial charge in [0.05, 0.1) is 32.3 Å². The van der Waals surface area contributed by atoms with E-state index in [1.807, 2.05) is 6.92 Å². The van der Waals surface area contributed by atoms with Gasteiger partial charge in [0.1, 0.15) is 24.1 Å². The van der Waals surface area contributed by atoms with Crippen LogP contribution in [0, 0.1) is 5.92 Å². The lowest BCUT2D eigenvalue weighted by Gasteiger charge is -2.24. The van der Waals surface area contributed by atoms with Crippen LogP contribution in [0.3, 0.4) is 0 Å². The molecule has 2 aromatic heterocycles. The fourth-order valence-corrected chi connectivity index (χ4v) is 5.76. The van der Waals surface area contributed by atoms with E-state index in [0.717, 1.165) is 0 Å². The van der Waals surface area contributed by atoms with Crippen molar-refractivity contribution in [1.82, 2.24) is 24.6 Å². The molecule has 1 aromatic carbocycles. The highest BCUT2D eigenvalue weighted by atomic mass is 35.5. The highest BCUT2D eigenvalue weighted by Gasteiger charge is 2.44. The summed E-state index contributed by atoms with van der Waals surface area (Å²) in [6, 6.07) is 5.08. The third-order valence-corrected chi connectivity index (χ3v) is 7.98. The van der Waals surface area contributed by atoms with Gasteiger partial charge in [-0.05, 0) is 45.0 Å². The van der Waals surface area contributed by atoms with Crippen LogP contribution in [0.25, 0.3) is 11.2 Å². The van der Waals surface area contributed by atoms with Gasteiger partial charge in [0.2, 0.25) is 11.8 Å². The normalized spacial score (nSPS) is 23.1. The van der Waals surface area contributed by atoms with Crippen molar-refractivity contribution in [2.45, 2.75) is 52.2 Å². The first-order chi connectivity index (χ1) is 19.0. The second kappa shape index (κ2) is 12.7. The lowest BCUT2D eigenvalue weighted by molar-refractivity contribution is -0.144. The molecule has 1 fully saturated rings. The fourth-order valence-electron chi connectivity index (χ4n) is 4.13. The van der Waals surface area contributed by atoms with Gasteiger partial charge in [-0.15, -0.1) is 0 Å². The summed E-state index contributed by atoms with van der Waals surface area (Å²) >= 11 is 5.94. The van der Waals surface area contributed by atoms with E-state index in [1.165, 1.54) is 25.4 Å². The van der Waals surface area contributed by atoms with Crippen LogP contribution in [0.4, 0.5) is 5.95 Å². The number of carbonyl (C=O) groups is 1. The minimum absolute atomic E-state index is 0.00846. The molecule has 0 amide bonds. The van der Waals surface area contributed by atoms with Crippen LogP contribution >= 0.6 is 19.3 Å². The lowest BCUT2D eigenvalue weighted by atomic mass is 10.0. The molecule has 1 saturated heterocycles. The molecule has 4 N–H and O–H groups in total. The van der Waals surface area contributed by atoms with Gasteiger partial charge in [-0.1, -0.05) is 18.5 Å². The number of imidazole rings is 1. The molecule has 0 saturated carbocycles. The van der Waals surface area contributed by atoms with Crippen LogP contribution < -0.4 is 20.1 Å². The second-order valence-corrected chi connectivity index (χ2v) is 11.1. The summed E-state index contributed by atoms with van der Waals surface area (Å²) in [6.07, 6.45) is -1.18. The molecule has 0 radical (unpaired) electrons. The van der Waals surface area contributed by atoms with Gasteiger partial charge in [-0.2, -0.15) is 15.1 Å². The van der Waals surface area contributed by atoms with Crippen LogP contribution in [0.15, 0.2) is 30.6 Å². The number of halogens is 1. The molecule has 0 aliphatic carbocycles. The maximum atomic E-state index is 13.8. The van der Waals surface area contributed by atoms with Crippen molar-refractivity contribution in [2.75, 3.05) is 25.6 Å². The van der Waals surface area contributed by atoms with E-state index in [1.54, 1.807) is 30.5 Å². The number of ether oxygens (including phenoxy) is 3. The van der Waals surface area contributed by atoms with Gasteiger partial charge in [0.15, 0.2) is 11.2 Å². The summed E-state index contributed by atoms with van der Waals surface area (Å²) in [7, 11) is -4.19. The molecule has 14 nitrogen and oxygen atoms in total. The van der Waals surface area contributed by atoms with E-state index in [-0.39, 0.29) is 30.8 Å². The van der Waals surface area contributed by atoms with E-state index >= 15 is 0 Å². The van der Waals surface area contributed by atoms with E-state index in [0.29, 0.717) is 22.8 Å². The average molecular weight is 599 g/mol. The number of hydrogen-bond donors (Lipinski definition) is 3. The summed E-state index contributed by atoms with van der Waals surface area (Å²) < 4.78 is 43.4. The second-order valence-electron chi connectivity index (χ2n) is 9.00. The number of nitrogens with one attached hydrogen (secondary N) is 1. The first-order valence-electron chi connectivity index (χ1n) is 12.7. The van der Waals surface area contributed by atoms with E-state index in [9.17, 15) is 14.5 Å². The quantitative estimate of drug-likeness (QED) is 0.204. The number of aliphatic hydroxyl groups is 1. The zero-order valence-electron chi connectivity index (χ0n) is 22.4. The number of anilines is 1. The first-order valence-corrected chi connectivity index (χ1v) is 14.6. The SMILES string of the molecule is CCOC(=O)C(C)NP(=O)(OCC1OC(n2cnc3c(OCC)nc(N)nc32)C(C)C1O)Oc1ccc(Cl)cc1. The third-order valence-electron chi connectivity index (χ3n) is 6.09. The number of benzene rings is 1. The van der Waals surface area contributed by atoms with Crippen LogP contribution in [-0.2, 0) is 23.4 Å². The van der Waals surface area contributed by atoms with Crippen molar-refractivity contribution < 1.29 is 37.7 Å². The minimum atomic E-state index is -4.19. The number of aromatic nitrogens is 4. The monoisotopic (exact) mass is 598 g/mol. The van der Waals surface area contributed by atoms with E-state index in [2.05, 4.69) is 20.0 Å². The summed E-state index contributed by atoms with van der Waals surface area (Å²) in [5.74, 6) is -0.692. The molecule has 6 atom stereocenters. The van der Waals surface area contributed by atoms with Crippen molar-refractivity contribution in [2.24, 2.45) is 5.92 Å². The third kappa shape index (κ3) is 6.65. The summed E-state index contributed by atoms with van der Waals surface area (Å²) in [5.41, 5.74) is 6.62. The van der Waals surface area contributed by atoms with Crippen LogP contribution in [0.5, 0.6) is 11.6 Å². The standard InChI is InChI=1S/C24H32ClN6O8P/c1-5-35-21-18-20(28-24(26)29-21)31(12-27-18)22-13(3)19(32)17(38-22)11-37-40(34,30-14(4)23(33)36-6-2)39-16-9-7-15(25)8-10-16/h7-10,12-14,17,19,22,32H,5-6,11H2,1-4H3,(H,30,34)(H2,26,28,29). The molecular weight excluding hydrogens is 567 g/mol. The van der Waals surface area contributed by atoms with Gasteiger partial charge in [-0.25, -0.2) is 9.55 Å². The van der Waals surface area contributed by atoms with Crippen LogP contribution in [0.1, 0.15) is 33.9 Å². The zero-order chi connectivity index (χ0) is 29.0. The number of carbonyl (C=O) groups excluding carboxylic acids is 1. The number of esters is 1. The van der Waals surface area contributed by atoms with Crippen molar-refractivity contribution >= 4 is 42.4 Å². The molecule has 1 aliphatic rings. The van der Waals surface area contributed by atoms with Gasteiger partial charge in [0.25, 0.3) is 0 Å². The zero-order valence-corrected chi connectivity index (χ0v) is 24.0. The Morgan fingerprint density at radius 2 is 2.00 bits per heavy atom. The molecular formula is C24H32ClN6O8P. The molecule has 0 bridgehead atoms. The fraction of sp³-hybridized carbons (Fsp3) is 0.500. The van der Waals surface area contributed by atoms with Crippen molar-refractivity contribution in [3.05, 3.63) is 35.6 Å². The Hall–Kier alpha value is -3.00. The average Bonchev–Trinajstić information content (AvgIpc) is 3.45. The number of fused-ring (bicyclic) bond motifs is 1. The number of hydrogen-bond acceptors (Lipinski definition) is 12.